The van der Waals surface area contributed by atoms with Crippen LogP contribution >= 0.6 is 0 Å². The molecule has 0 aliphatic carbocycles. The van der Waals surface area contributed by atoms with Crippen LogP contribution in [-0.2, 0) is 4.79 Å². The fourth-order valence-electron chi connectivity index (χ4n) is 1.05. The van der Waals surface area contributed by atoms with Gasteiger partial charge >= 0.3 is 0 Å². The molecule has 0 aromatic heterocycles. The summed E-state index contributed by atoms with van der Waals surface area (Å²) >= 11 is 0. The summed E-state index contributed by atoms with van der Waals surface area (Å²) in [4.78, 5) is 10.7. The molecule has 4 heteroatoms. The van der Waals surface area contributed by atoms with Crippen molar-refractivity contribution in [2.45, 2.75) is 25.1 Å². The molecule has 2 N–H and O–H groups in total. The van der Waals surface area contributed by atoms with E-state index in [0.29, 0.717) is 6.42 Å². The Morgan fingerprint density at radius 1 is 1.90 bits per heavy atom. The fraction of sp³-hybridized carbons (Fsp3) is 0.667. The maximum Gasteiger partial charge on any atom is 0.220 e. The maximum absolute atomic E-state index is 10.7. The van der Waals surface area contributed by atoms with E-state index in [-0.39, 0.29) is 11.6 Å². The van der Waals surface area contributed by atoms with E-state index in [2.05, 4.69) is 5.32 Å². The molecular formula is C6H11NO2Si. The summed E-state index contributed by atoms with van der Waals surface area (Å²) < 4.78 is 0. The number of aliphatic hydroxyl groups is 1. The predicted molar refractivity (Wildman–Crippen MR) is 40.8 cm³/mol. The molecule has 10 heavy (non-hydrogen) atoms. The first-order valence-corrected chi connectivity index (χ1v) is 5.49. The zero-order chi connectivity index (χ0) is 7.56. The Morgan fingerprint density at radius 3 is 3.00 bits per heavy atom. The molecule has 1 heterocycles. The predicted octanol–water partition coefficient (Wildman–Crippen LogP) is -0.357. The van der Waals surface area contributed by atoms with Gasteiger partial charge < -0.3 is 10.4 Å². The van der Waals surface area contributed by atoms with E-state index in [1.165, 1.54) is 5.86 Å². The molecule has 0 aromatic carbocycles. The minimum Gasteiger partial charge on any atom is -0.521 e. The Kier molecular flexibility index (Phi) is 2.21. The van der Waals surface area contributed by atoms with Crippen LogP contribution < -0.4 is 5.32 Å². The summed E-state index contributed by atoms with van der Waals surface area (Å²) in [5.74, 6) is 1.36. The normalized spacial score (nSPS) is 26.7. The van der Waals surface area contributed by atoms with Gasteiger partial charge in [-0.1, -0.05) is 6.55 Å². The molecule has 1 fully saturated rings. The average Bonchev–Trinajstić information content (AvgIpc) is 2.34. The number of hydrogen-bond acceptors (Lipinski definition) is 2. The Hall–Kier alpha value is -0.643. The van der Waals surface area contributed by atoms with Gasteiger partial charge in [-0.3, -0.25) is 4.79 Å². The minimum atomic E-state index is -0.841. The van der Waals surface area contributed by atoms with Crippen molar-refractivity contribution in [1.29, 1.82) is 0 Å². The topological polar surface area (TPSA) is 49.3 Å². The zero-order valence-corrected chi connectivity index (χ0v) is 6.92. The van der Waals surface area contributed by atoms with Crippen LogP contribution in [0.5, 0.6) is 0 Å². The number of nitrogens with one attached hydrogen (secondary N) is 1. The highest BCUT2D eigenvalue weighted by Crippen LogP contribution is 2.05. The quantitative estimate of drug-likeness (QED) is 0.511. The summed E-state index contributed by atoms with van der Waals surface area (Å²) in [6, 6.07) is 0. The minimum absolute atomic E-state index is 0.121. The highest BCUT2D eigenvalue weighted by atomic mass is 28.2. The van der Waals surface area contributed by atoms with Crippen LogP contribution in [0.4, 0.5) is 0 Å². The molecule has 0 aromatic rings. The van der Waals surface area contributed by atoms with Crippen molar-refractivity contribution in [2.24, 2.45) is 0 Å². The average molecular weight is 157 g/mol. The lowest BCUT2D eigenvalue weighted by Gasteiger charge is -2.06. The van der Waals surface area contributed by atoms with Gasteiger partial charge in [0.05, 0.1) is 14.3 Å². The standard InChI is InChI=1S/C6H11NO2Si/c1-10(4-8)6-3-2-5(9)7-6/h4,6,8H,2-3H2,1H3,(H,7,9)/b10-4+. The highest BCUT2D eigenvalue weighted by Gasteiger charge is 2.22. The monoisotopic (exact) mass is 157 g/mol. The van der Waals surface area contributed by atoms with Crippen molar-refractivity contribution in [2.75, 3.05) is 0 Å². The molecular weight excluding hydrogens is 146 g/mol. The van der Waals surface area contributed by atoms with Crippen molar-refractivity contribution < 1.29 is 9.90 Å². The van der Waals surface area contributed by atoms with E-state index in [1.807, 2.05) is 6.55 Å². The summed E-state index contributed by atoms with van der Waals surface area (Å²) in [6.45, 7) is 1.99. The number of carbonyl (C=O) groups excluding carboxylic acids is 1. The van der Waals surface area contributed by atoms with Crippen LogP contribution in [0.1, 0.15) is 12.8 Å². The van der Waals surface area contributed by atoms with Gasteiger partial charge in [-0.15, -0.1) is 0 Å². The Labute approximate surface area is 61.3 Å². The van der Waals surface area contributed by atoms with E-state index in [1.54, 1.807) is 0 Å². The Bertz CT molecular complexity index is 179. The molecule has 0 saturated carbocycles. The lowest BCUT2D eigenvalue weighted by molar-refractivity contribution is -0.119. The molecule has 1 rings (SSSR count). The maximum atomic E-state index is 10.7. The van der Waals surface area contributed by atoms with Gasteiger partial charge in [-0.25, -0.2) is 0 Å². The molecule has 1 atom stereocenters. The second kappa shape index (κ2) is 2.96. The van der Waals surface area contributed by atoms with Crippen LogP contribution in [0.2, 0.25) is 6.55 Å². The molecule has 1 amide bonds. The van der Waals surface area contributed by atoms with Gasteiger partial charge in [-0.2, -0.15) is 0 Å². The van der Waals surface area contributed by atoms with Crippen LogP contribution in [0.25, 0.3) is 0 Å². The van der Waals surface area contributed by atoms with Crippen LogP contribution in [0.15, 0.2) is 0 Å². The Morgan fingerprint density at radius 2 is 2.60 bits per heavy atom. The zero-order valence-electron chi connectivity index (χ0n) is 5.92. The van der Waals surface area contributed by atoms with Crippen molar-refractivity contribution in [3.8, 4) is 0 Å². The van der Waals surface area contributed by atoms with Crippen molar-refractivity contribution >= 4 is 20.2 Å². The third-order valence-electron chi connectivity index (χ3n) is 1.75. The summed E-state index contributed by atoms with van der Waals surface area (Å²) in [5, 5.41) is 11.5. The molecule has 3 nitrogen and oxygen atoms in total. The largest absolute Gasteiger partial charge is 0.521 e. The van der Waals surface area contributed by atoms with Crippen LogP contribution in [0, 0.1) is 0 Å². The number of amides is 1. The first-order chi connectivity index (χ1) is 4.74. The summed E-state index contributed by atoms with van der Waals surface area (Å²) in [6.07, 6.45) is 1.52. The first-order valence-electron chi connectivity index (χ1n) is 3.34. The molecule has 0 radical (unpaired) electrons. The van der Waals surface area contributed by atoms with E-state index >= 15 is 0 Å². The molecule has 1 unspecified atom stereocenters. The summed E-state index contributed by atoms with van der Waals surface area (Å²) in [5.41, 5.74) is 0.252. The molecule has 56 valence electrons. The lowest BCUT2D eigenvalue weighted by atomic mass is 10.4. The number of aliphatic hydroxyl groups excluding tert-OH is 1. The number of rotatable bonds is 1. The molecule has 0 spiro atoms. The molecule has 1 saturated heterocycles. The van der Waals surface area contributed by atoms with Gasteiger partial charge in [0.1, 0.15) is 0 Å². The Balaban J connectivity index is 2.52. The molecule has 1 aliphatic rings. The van der Waals surface area contributed by atoms with Crippen molar-refractivity contribution in [3.05, 3.63) is 0 Å². The van der Waals surface area contributed by atoms with Crippen LogP contribution in [-0.4, -0.2) is 30.9 Å². The highest BCUT2D eigenvalue weighted by molar-refractivity contribution is 6.65. The summed E-state index contributed by atoms with van der Waals surface area (Å²) in [7, 11) is -0.841. The van der Waals surface area contributed by atoms with Gasteiger partial charge in [0, 0.05) is 12.1 Å². The van der Waals surface area contributed by atoms with Crippen LogP contribution in [0.3, 0.4) is 0 Å². The van der Waals surface area contributed by atoms with E-state index in [0.717, 1.165) is 6.42 Å². The van der Waals surface area contributed by atoms with Crippen molar-refractivity contribution in [3.63, 3.8) is 0 Å². The van der Waals surface area contributed by atoms with Gasteiger partial charge in [0.25, 0.3) is 0 Å². The second-order valence-corrected chi connectivity index (χ2v) is 4.98. The third kappa shape index (κ3) is 1.44. The lowest BCUT2D eigenvalue weighted by Crippen LogP contribution is -2.34. The smallest absolute Gasteiger partial charge is 0.220 e. The SMILES string of the molecule is C/[Si](=C\O)C1CCC(=O)N1. The number of hydrogen-bond donors (Lipinski definition) is 2. The van der Waals surface area contributed by atoms with E-state index in [9.17, 15) is 4.79 Å². The van der Waals surface area contributed by atoms with Gasteiger partial charge in [0.2, 0.25) is 5.91 Å². The second-order valence-electron chi connectivity index (χ2n) is 2.53. The number of carbonyl (C=O) groups is 1. The van der Waals surface area contributed by atoms with Gasteiger partial charge in [0.15, 0.2) is 0 Å². The molecule has 0 bridgehead atoms. The van der Waals surface area contributed by atoms with Gasteiger partial charge in [-0.05, 0) is 6.42 Å². The van der Waals surface area contributed by atoms with Crippen molar-refractivity contribution in [1.82, 2.24) is 5.32 Å². The molecule has 1 aliphatic heterocycles. The fourth-order valence-corrected chi connectivity index (χ4v) is 2.21. The van der Waals surface area contributed by atoms with E-state index in [4.69, 9.17) is 5.11 Å². The first kappa shape index (κ1) is 7.46. The van der Waals surface area contributed by atoms with E-state index < -0.39 is 8.41 Å². The third-order valence-corrected chi connectivity index (χ3v) is 3.69.